The molecule has 2 fully saturated rings. The molecule has 3 unspecified atom stereocenters. The van der Waals surface area contributed by atoms with Crippen molar-refractivity contribution in [1.29, 1.82) is 0 Å². The Morgan fingerprint density at radius 3 is 2.81 bits per heavy atom. The van der Waals surface area contributed by atoms with Crippen molar-refractivity contribution < 1.29 is 5.11 Å². The second kappa shape index (κ2) is 7.43. The Morgan fingerprint density at radius 1 is 1.29 bits per heavy atom. The van der Waals surface area contributed by atoms with E-state index in [1.165, 1.54) is 38.6 Å². The lowest BCUT2D eigenvalue weighted by Gasteiger charge is -2.49. The van der Waals surface area contributed by atoms with E-state index < -0.39 is 0 Å². The number of aliphatic hydroxyl groups is 1. The first-order valence-corrected chi connectivity index (χ1v) is 9.17. The minimum Gasteiger partial charge on any atom is -0.390 e. The van der Waals surface area contributed by atoms with Crippen LogP contribution in [0.15, 0.2) is 0 Å². The van der Waals surface area contributed by atoms with Crippen LogP contribution >= 0.6 is 0 Å². The van der Waals surface area contributed by atoms with Gasteiger partial charge in [-0.25, -0.2) is 0 Å². The van der Waals surface area contributed by atoms with Crippen LogP contribution in [0.5, 0.6) is 0 Å². The molecule has 3 nitrogen and oxygen atoms in total. The third-order valence-corrected chi connectivity index (χ3v) is 5.77. The second-order valence-corrected chi connectivity index (χ2v) is 7.87. The molecule has 2 rings (SSSR count). The Labute approximate surface area is 131 Å². The number of piperidine rings is 1. The van der Waals surface area contributed by atoms with E-state index in [1.54, 1.807) is 0 Å². The summed E-state index contributed by atoms with van der Waals surface area (Å²) in [5.74, 6) is 0.519. The van der Waals surface area contributed by atoms with Crippen LogP contribution in [-0.2, 0) is 0 Å². The predicted molar refractivity (Wildman–Crippen MR) is 89.5 cm³/mol. The highest BCUT2D eigenvalue weighted by Crippen LogP contribution is 2.40. The number of hydrogen-bond acceptors (Lipinski definition) is 3. The molecule has 2 aliphatic rings. The van der Waals surface area contributed by atoms with Crippen molar-refractivity contribution >= 4 is 0 Å². The molecular weight excluding hydrogens is 260 g/mol. The molecule has 0 bridgehead atoms. The summed E-state index contributed by atoms with van der Waals surface area (Å²) in [5, 5.41) is 14.4. The average Bonchev–Trinajstić information content (AvgIpc) is 2.46. The maximum absolute atomic E-state index is 10.8. The van der Waals surface area contributed by atoms with Crippen molar-refractivity contribution in [1.82, 2.24) is 10.2 Å². The molecule has 0 aromatic carbocycles. The summed E-state index contributed by atoms with van der Waals surface area (Å²) in [7, 11) is 0. The van der Waals surface area contributed by atoms with Crippen LogP contribution in [0.2, 0.25) is 0 Å². The zero-order valence-corrected chi connectivity index (χ0v) is 14.5. The molecule has 0 aromatic rings. The summed E-state index contributed by atoms with van der Waals surface area (Å²) in [6.07, 6.45) is 8.32. The van der Waals surface area contributed by atoms with E-state index >= 15 is 0 Å². The van der Waals surface area contributed by atoms with Gasteiger partial charge in [-0.3, -0.25) is 0 Å². The molecule has 1 aliphatic carbocycles. The summed E-state index contributed by atoms with van der Waals surface area (Å²) < 4.78 is 0. The lowest BCUT2D eigenvalue weighted by molar-refractivity contribution is -0.100. The molecule has 1 aliphatic heterocycles. The zero-order chi connectivity index (χ0) is 15.3. The SMILES string of the molecule is CCCC(C)(CNCC)CN1CCC2(O)CCCCC2C1. The van der Waals surface area contributed by atoms with Crippen LogP contribution in [-0.4, -0.2) is 48.3 Å². The zero-order valence-electron chi connectivity index (χ0n) is 14.5. The average molecular weight is 296 g/mol. The van der Waals surface area contributed by atoms with E-state index in [-0.39, 0.29) is 5.60 Å². The van der Waals surface area contributed by atoms with Crippen molar-refractivity contribution in [2.24, 2.45) is 11.3 Å². The van der Waals surface area contributed by atoms with Gasteiger partial charge < -0.3 is 15.3 Å². The minimum absolute atomic E-state index is 0.336. The Bertz CT molecular complexity index is 322. The highest BCUT2D eigenvalue weighted by atomic mass is 16.3. The lowest BCUT2D eigenvalue weighted by Crippen LogP contribution is -2.55. The van der Waals surface area contributed by atoms with Gasteiger partial charge in [0, 0.05) is 32.1 Å². The van der Waals surface area contributed by atoms with Gasteiger partial charge in [0.05, 0.1) is 5.60 Å². The van der Waals surface area contributed by atoms with Crippen LogP contribution < -0.4 is 5.32 Å². The first-order valence-electron chi connectivity index (χ1n) is 9.17. The molecule has 124 valence electrons. The third-order valence-electron chi connectivity index (χ3n) is 5.77. The van der Waals surface area contributed by atoms with E-state index in [1.807, 2.05) is 0 Å². The highest BCUT2D eigenvalue weighted by Gasteiger charge is 2.43. The standard InChI is InChI=1S/C18H36N2O/c1-4-9-17(3,14-19-5-2)15-20-12-11-18(21)10-7-6-8-16(18)13-20/h16,19,21H,4-15H2,1-3H3. The summed E-state index contributed by atoms with van der Waals surface area (Å²) in [6, 6.07) is 0. The molecule has 1 saturated carbocycles. The predicted octanol–water partition coefficient (Wildman–Crippen LogP) is 3.03. The Balaban J connectivity index is 1.92. The van der Waals surface area contributed by atoms with Crippen LogP contribution in [0.1, 0.15) is 65.7 Å². The van der Waals surface area contributed by atoms with E-state index in [2.05, 4.69) is 31.0 Å². The van der Waals surface area contributed by atoms with Crippen LogP contribution in [0, 0.1) is 11.3 Å². The monoisotopic (exact) mass is 296 g/mol. The van der Waals surface area contributed by atoms with E-state index in [4.69, 9.17) is 0 Å². The summed E-state index contributed by atoms with van der Waals surface area (Å²) in [5.41, 5.74) is 0.0342. The maximum Gasteiger partial charge on any atom is 0.0700 e. The van der Waals surface area contributed by atoms with Crippen molar-refractivity contribution in [2.45, 2.75) is 71.3 Å². The second-order valence-electron chi connectivity index (χ2n) is 7.87. The third kappa shape index (κ3) is 4.43. The first kappa shape index (κ1) is 17.2. The molecule has 2 N–H and O–H groups in total. The van der Waals surface area contributed by atoms with Crippen molar-refractivity contribution in [3.8, 4) is 0 Å². The normalized spacial score (nSPS) is 33.4. The van der Waals surface area contributed by atoms with Gasteiger partial charge in [0.15, 0.2) is 0 Å². The smallest absolute Gasteiger partial charge is 0.0700 e. The molecule has 0 radical (unpaired) electrons. The van der Waals surface area contributed by atoms with Gasteiger partial charge >= 0.3 is 0 Å². The van der Waals surface area contributed by atoms with Gasteiger partial charge in [0.2, 0.25) is 0 Å². The van der Waals surface area contributed by atoms with Crippen LogP contribution in [0.25, 0.3) is 0 Å². The van der Waals surface area contributed by atoms with Crippen molar-refractivity contribution in [2.75, 3.05) is 32.7 Å². The maximum atomic E-state index is 10.8. The summed E-state index contributed by atoms with van der Waals surface area (Å²) in [6.45, 7) is 12.5. The molecule has 3 heteroatoms. The molecule has 1 saturated heterocycles. The van der Waals surface area contributed by atoms with Gasteiger partial charge in [0.25, 0.3) is 0 Å². The fraction of sp³-hybridized carbons (Fsp3) is 1.00. The highest BCUT2D eigenvalue weighted by molar-refractivity contribution is 4.96. The topological polar surface area (TPSA) is 35.5 Å². The molecule has 0 aromatic heterocycles. The van der Waals surface area contributed by atoms with Crippen LogP contribution in [0.3, 0.4) is 0 Å². The van der Waals surface area contributed by atoms with E-state index in [9.17, 15) is 5.11 Å². The molecule has 1 heterocycles. The molecular formula is C18H36N2O. The van der Waals surface area contributed by atoms with Gasteiger partial charge in [0.1, 0.15) is 0 Å². The number of nitrogens with zero attached hydrogens (tertiary/aromatic N) is 1. The molecule has 0 spiro atoms. The molecule has 21 heavy (non-hydrogen) atoms. The van der Waals surface area contributed by atoms with E-state index in [0.717, 1.165) is 39.0 Å². The number of fused-ring (bicyclic) bond motifs is 1. The summed E-state index contributed by atoms with van der Waals surface area (Å²) >= 11 is 0. The van der Waals surface area contributed by atoms with Gasteiger partial charge in [-0.15, -0.1) is 0 Å². The van der Waals surface area contributed by atoms with Gasteiger partial charge in [-0.1, -0.05) is 40.0 Å². The number of nitrogens with one attached hydrogen (secondary N) is 1. The summed E-state index contributed by atoms with van der Waals surface area (Å²) in [4.78, 5) is 2.64. The number of rotatable bonds is 7. The number of hydrogen-bond donors (Lipinski definition) is 2. The van der Waals surface area contributed by atoms with E-state index in [0.29, 0.717) is 11.3 Å². The van der Waals surface area contributed by atoms with Gasteiger partial charge in [-0.2, -0.15) is 0 Å². The fourth-order valence-corrected chi connectivity index (χ4v) is 4.58. The Hall–Kier alpha value is -0.120. The first-order chi connectivity index (χ1) is 10.0. The van der Waals surface area contributed by atoms with Crippen molar-refractivity contribution in [3.05, 3.63) is 0 Å². The largest absolute Gasteiger partial charge is 0.390 e. The van der Waals surface area contributed by atoms with Crippen LogP contribution in [0.4, 0.5) is 0 Å². The quantitative estimate of drug-likeness (QED) is 0.758. The minimum atomic E-state index is -0.336. The number of likely N-dealkylation sites (tertiary alicyclic amines) is 1. The van der Waals surface area contributed by atoms with Crippen molar-refractivity contribution in [3.63, 3.8) is 0 Å². The lowest BCUT2D eigenvalue weighted by atomic mass is 9.71. The fourth-order valence-electron chi connectivity index (χ4n) is 4.58. The Kier molecular flexibility index (Phi) is 6.10. The molecule has 0 amide bonds. The Morgan fingerprint density at radius 2 is 2.10 bits per heavy atom. The molecule has 3 atom stereocenters. The van der Waals surface area contributed by atoms with Gasteiger partial charge in [-0.05, 0) is 37.6 Å².